The molecular weight excluding hydrogens is 254 g/mol. The summed E-state index contributed by atoms with van der Waals surface area (Å²) in [5, 5.41) is 0.218. The van der Waals surface area contributed by atoms with Crippen LogP contribution >= 0.6 is 11.6 Å². The summed E-state index contributed by atoms with van der Waals surface area (Å²) in [6, 6.07) is 0.434. The zero-order valence-electron chi connectivity index (χ0n) is 10.5. The van der Waals surface area contributed by atoms with Gasteiger partial charge in [-0.3, -0.25) is 4.79 Å². The van der Waals surface area contributed by atoms with Crippen molar-refractivity contribution in [1.82, 2.24) is 9.97 Å². The molecule has 0 aliphatic heterocycles. The molecule has 0 aromatic carbocycles. The predicted molar refractivity (Wildman–Crippen MR) is 69.4 cm³/mol. The summed E-state index contributed by atoms with van der Waals surface area (Å²) in [6.07, 6.45) is 2.95. The van der Waals surface area contributed by atoms with E-state index in [0.29, 0.717) is 36.4 Å². The Hall–Kier alpha value is -1.20. The summed E-state index contributed by atoms with van der Waals surface area (Å²) in [5.74, 6) is 1.20. The predicted octanol–water partition coefficient (Wildman–Crippen LogP) is 1.87. The Labute approximate surface area is 111 Å². The summed E-state index contributed by atoms with van der Waals surface area (Å²) < 4.78 is 5.10. The maximum atomic E-state index is 11.2. The SMILES string of the molecule is COCCN(c1nc(C)nc(Cl)c1C=O)C1CC1. The number of halogens is 1. The van der Waals surface area contributed by atoms with Crippen molar-refractivity contribution in [2.75, 3.05) is 25.2 Å². The normalized spacial score (nSPS) is 14.6. The molecule has 1 aliphatic rings. The van der Waals surface area contributed by atoms with Crippen LogP contribution in [0.25, 0.3) is 0 Å². The Morgan fingerprint density at radius 1 is 1.50 bits per heavy atom. The largest absolute Gasteiger partial charge is 0.383 e. The van der Waals surface area contributed by atoms with Gasteiger partial charge in [-0.2, -0.15) is 0 Å². The summed E-state index contributed by atoms with van der Waals surface area (Å²) in [6.45, 7) is 3.07. The van der Waals surface area contributed by atoms with Gasteiger partial charge >= 0.3 is 0 Å². The van der Waals surface area contributed by atoms with Gasteiger partial charge in [0.2, 0.25) is 0 Å². The van der Waals surface area contributed by atoms with Gasteiger partial charge in [0.15, 0.2) is 6.29 Å². The number of methoxy groups -OCH3 is 1. The quantitative estimate of drug-likeness (QED) is 0.583. The van der Waals surface area contributed by atoms with E-state index in [4.69, 9.17) is 16.3 Å². The molecule has 0 amide bonds. The molecular formula is C12H16ClN3O2. The second-order valence-corrected chi connectivity index (χ2v) is 4.69. The van der Waals surface area contributed by atoms with E-state index in [-0.39, 0.29) is 5.15 Å². The van der Waals surface area contributed by atoms with Gasteiger partial charge in [0.25, 0.3) is 0 Å². The van der Waals surface area contributed by atoms with Gasteiger partial charge < -0.3 is 9.64 Å². The highest BCUT2D eigenvalue weighted by Gasteiger charge is 2.32. The van der Waals surface area contributed by atoms with E-state index in [1.165, 1.54) is 0 Å². The van der Waals surface area contributed by atoms with Crippen molar-refractivity contribution >= 4 is 23.7 Å². The van der Waals surface area contributed by atoms with Gasteiger partial charge in [0.1, 0.15) is 16.8 Å². The van der Waals surface area contributed by atoms with Gasteiger partial charge in [-0.15, -0.1) is 0 Å². The number of ether oxygens (including phenoxy) is 1. The van der Waals surface area contributed by atoms with Gasteiger partial charge in [0, 0.05) is 19.7 Å². The summed E-state index contributed by atoms with van der Waals surface area (Å²) in [4.78, 5) is 21.6. The van der Waals surface area contributed by atoms with Crippen LogP contribution < -0.4 is 4.90 Å². The molecule has 1 saturated carbocycles. The van der Waals surface area contributed by atoms with Crippen molar-refractivity contribution in [3.63, 3.8) is 0 Å². The number of rotatable bonds is 6. The maximum absolute atomic E-state index is 11.2. The minimum Gasteiger partial charge on any atom is -0.383 e. The Bertz CT molecular complexity index is 449. The molecule has 1 aromatic heterocycles. The highest BCUT2D eigenvalue weighted by atomic mass is 35.5. The number of aryl methyl sites for hydroxylation is 1. The molecule has 1 aliphatic carbocycles. The molecule has 0 radical (unpaired) electrons. The number of aromatic nitrogens is 2. The molecule has 0 bridgehead atoms. The second kappa shape index (κ2) is 5.63. The summed E-state index contributed by atoms with van der Waals surface area (Å²) in [5.41, 5.74) is 0.366. The van der Waals surface area contributed by atoms with Gasteiger partial charge in [-0.1, -0.05) is 11.6 Å². The molecule has 6 heteroatoms. The van der Waals surface area contributed by atoms with E-state index in [1.54, 1.807) is 14.0 Å². The zero-order chi connectivity index (χ0) is 13.1. The lowest BCUT2D eigenvalue weighted by Gasteiger charge is -2.24. The van der Waals surface area contributed by atoms with Crippen LogP contribution in [0.2, 0.25) is 5.15 Å². The number of anilines is 1. The molecule has 0 N–H and O–H groups in total. The molecule has 1 fully saturated rings. The van der Waals surface area contributed by atoms with Crippen LogP contribution in [0.15, 0.2) is 0 Å². The van der Waals surface area contributed by atoms with Crippen molar-refractivity contribution in [3.05, 3.63) is 16.5 Å². The summed E-state index contributed by atoms with van der Waals surface area (Å²) in [7, 11) is 1.66. The van der Waals surface area contributed by atoms with E-state index in [1.807, 2.05) is 0 Å². The number of hydrogen-bond acceptors (Lipinski definition) is 5. The molecule has 1 heterocycles. The topological polar surface area (TPSA) is 55.3 Å². The molecule has 0 unspecified atom stereocenters. The Morgan fingerprint density at radius 2 is 2.22 bits per heavy atom. The minimum absolute atomic E-state index is 0.218. The van der Waals surface area contributed by atoms with Gasteiger partial charge in [-0.25, -0.2) is 9.97 Å². The van der Waals surface area contributed by atoms with Gasteiger partial charge in [-0.05, 0) is 19.8 Å². The number of carbonyl (C=O) groups is 1. The van der Waals surface area contributed by atoms with Crippen molar-refractivity contribution in [2.45, 2.75) is 25.8 Å². The third kappa shape index (κ3) is 2.79. The molecule has 98 valence electrons. The highest BCUT2D eigenvalue weighted by molar-refractivity contribution is 6.32. The molecule has 5 nitrogen and oxygen atoms in total. The molecule has 1 aromatic rings. The van der Waals surface area contributed by atoms with Crippen LogP contribution in [0, 0.1) is 6.92 Å². The first-order valence-corrected chi connectivity index (χ1v) is 6.30. The highest BCUT2D eigenvalue weighted by Crippen LogP contribution is 2.33. The third-order valence-electron chi connectivity index (χ3n) is 2.90. The summed E-state index contributed by atoms with van der Waals surface area (Å²) >= 11 is 6.00. The minimum atomic E-state index is 0.218. The number of nitrogens with zero attached hydrogens (tertiary/aromatic N) is 3. The van der Waals surface area contributed by atoms with Crippen molar-refractivity contribution in [1.29, 1.82) is 0 Å². The van der Waals surface area contributed by atoms with E-state index >= 15 is 0 Å². The smallest absolute Gasteiger partial charge is 0.156 e. The Morgan fingerprint density at radius 3 is 2.78 bits per heavy atom. The van der Waals surface area contributed by atoms with Gasteiger partial charge in [0.05, 0.1) is 12.2 Å². The first kappa shape index (κ1) is 13.2. The van der Waals surface area contributed by atoms with Crippen molar-refractivity contribution in [2.24, 2.45) is 0 Å². The number of aldehydes is 1. The van der Waals surface area contributed by atoms with Crippen LogP contribution in [0.4, 0.5) is 5.82 Å². The standard InChI is InChI=1S/C12H16ClN3O2/c1-8-14-11(13)10(7-17)12(15-8)16(5-6-18-2)9-3-4-9/h7,9H,3-6H2,1-2H3. The van der Waals surface area contributed by atoms with Crippen LogP contribution in [-0.4, -0.2) is 42.6 Å². The fourth-order valence-electron chi connectivity index (χ4n) is 1.89. The molecule has 0 saturated heterocycles. The fraction of sp³-hybridized carbons (Fsp3) is 0.583. The molecule has 0 spiro atoms. The lowest BCUT2D eigenvalue weighted by atomic mass is 10.3. The zero-order valence-corrected chi connectivity index (χ0v) is 11.3. The monoisotopic (exact) mass is 269 g/mol. The number of carbonyl (C=O) groups excluding carboxylic acids is 1. The van der Waals surface area contributed by atoms with E-state index < -0.39 is 0 Å². The lowest BCUT2D eigenvalue weighted by Crippen LogP contribution is -2.31. The second-order valence-electron chi connectivity index (χ2n) is 4.33. The lowest BCUT2D eigenvalue weighted by molar-refractivity contribution is 0.112. The number of hydrogen-bond donors (Lipinski definition) is 0. The van der Waals surface area contributed by atoms with Crippen LogP contribution in [0.5, 0.6) is 0 Å². The third-order valence-corrected chi connectivity index (χ3v) is 3.19. The first-order chi connectivity index (χ1) is 8.67. The van der Waals surface area contributed by atoms with Crippen LogP contribution in [0.1, 0.15) is 29.0 Å². The molecule has 2 rings (SSSR count). The Kier molecular flexibility index (Phi) is 4.14. The van der Waals surface area contributed by atoms with Crippen molar-refractivity contribution < 1.29 is 9.53 Å². The van der Waals surface area contributed by atoms with E-state index in [9.17, 15) is 4.79 Å². The maximum Gasteiger partial charge on any atom is 0.156 e. The van der Waals surface area contributed by atoms with E-state index in [2.05, 4.69) is 14.9 Å². The van der Waals surface area contributed by atoms with Crippen LogP contribution in [-0.2, 0) is 4.74 Å². The first-order valence-electron chi connectivity index (χ1n) is 5.92. The van der Waals surface area contributed by atoms with E-state index in [0.717, 1.165) is 19.1 Å². The molecule has 0 atom stereocenters. The fourth-order valence-corrected chi connectivity index (χ4v) is 2.14. The van der Waals surface area contributed by atoms with Crippen molar-refractivity contribution in [3.8, 4) is 0 Å². The average Bonchev–Trinajstić information content (AvgIpc) is 3.13. The Balaban J connectivity index is 2.36. The molecule has 18 heavy (non-hydrogen) atoms. The average molecular weight is 270 g/mol. The van der Waals surface area contributed by atoms with Crippen LogP contribution in [0.3, 0.4) is 0 Å².